The summed E-state index contributed by atoms with van der Waals surface area (Å²) in [6.45, 7) is 3.20. The lowest BCUT2D eigenvalue weighted by Gasteiger charge is -2.29. The number of para-hydroxylation sites is 1. The summed E-state index contributed by atoms with van der Waals surface area (Å²) >= 11 is 0. The van der Waals surface area contributed by atoms with Crippen LogP contribution in [-0.4, -0.2) is 43.2 Å². The normalized spacial score (nSPS) is 20.1. The Bertz CT molecular complexity index is 791. The van der Waals surface area contributed by atoms with Crippen molar-refractivity contribution in [2.75, 3.05) is 20.2 Å². The van der Waals surface area contributed by atoms with Crippen molar-refractivity contribution < 1.29 is 9.53 Å². The van der Waals surface area contributed by atoms with E-state index in [1.165, 1.54) is 16.5 Å². The van der Waals surface area contributed by atoms with E-state index in [0.717, 1.165) is 51.0 Å². The first kappa shape index (κ1) is 20.2. The molecule has 6 heteroatoms. The number of nitrogens with one attached hydrogen (secondary N) is 3. The molecule has 2 aromatic rings. The lowest BCUT2D eigenvalue weighted by Crippen LogP contribution is -2.45. The first-order chi connectivity index (χ1) is 13.7. The Balaban J connectivity index is 1.38. The van der Waals surface area contributed by atoms with E-state index in [0.29, 0.717) is 12.6 Å². The van der Waals surface area contributed by atoms with Crippen molar-refractivity contribution in [3.8, 4) is 0 Å². The van der Waals surface area contributed by atoms with Crippen molar-refractivity contribution in [2.45, 2.75) is 51.5 Å². The summed E-state index contributed by atoms with van der Waals surface area (Å²) < 4.78 is 5.14. The molecule has 6 nitrogen and oxygen atoms in total. The number of carbonyl (C=O) groups excluding carboxylic acids is 1. The summed E-state index contributed by atoms with van der Waals surface area (Å²) in [6.07, 6.45) is 7.89. The summed E-state index contributed by atoms with van der Waals surface area (Å²) in [6, 6.07) is 8.78. The van der Waals surface area contributed by atoms with Gasteiger partial charge in [-0.3, -0.25) is 9.79 Å². The van der Waals surface area contributed by atoms with Crippen LogP contribution in [-0.2, 0) is 16.0 Å². The Hall–Kier alpha value is -2.50. The van der Waals surface area contributed by atoms with Crippen LogP contribution in [0.4, 0.5) is 0 Å². The zero-order valence-corrected chi connectivity index (χ0v) is 17.0. The maximum absolute atomic E-state index is 11.9. The van der Waals surface area contributed by atoms with Crippen LogP contribution in [0.15, 0.2) is 35.5 Å². The molecular weight excluding hydrogens is 352 g/mol. The van der Waals surface area contributed by atoms with Gasteiger partial charge in [-0.05, 0) is 57.1 Å². The Morgan fingerprint density at radius 1 is 1.25 bits per heavy atom. The predicted molar refractivity (Wildman–Crippen MR) is 113 cm³/mol. The molecule has 3 N–H and O–H groups in total. The molecule has 1 aliphatic carbocycles. The van der Waals surface area contributed by atoms with E-state index >= 15 is 0 Å². The van der Waals surface area contributed by atoms with Gasteiger partial charge >= 0.3 is 5.97 Å². The smallest absolute Gasteiger partial charge is 0.308 e. The van der Waals surface area contributed by atoms with E-state index in [-0.39, 0.29) is 11.9 Å². The number of fused-ring (bicyclic) bond motifs is 1. The zero-order chi connectivity index (χ0) is 19.8. The van der Waals surface area contributed by atoms with Crippen LogP contribution in [0.25, 0.3) is 10.9 Å². The number of rotatable bonds is 7. The molecule has 28 heavy (non-hydrogen) atoms. The highest BCUT2D eigenvalue weighted by atomic mass is 16.5. The average Bonchev–Trinajstić information content (AvgIpc) is 3.14. The quantitative estimate of drug-likeness (QED) is 0.296. The number of aryl methyl sites for hydroxylation is 1. The molecule has 0 bridgehead atoms. The molecule has 1 fully saturated rings. The first-order valence-electron chi connectivity index (χ1n) is 10.4. The van der Waals surface area contributed by atoms with Crippen LogP contribution >= 0.6 is 0 Å². The third-order valence-corrected chi connectivity index (χ3v) is 5.50. The maximum Gasteiger partial charge on any atom is 0.308 e. The molecule has 0 saturated heterocycles. The molecule has 0 aliphatic heterocycles. The lowest BCUT2D eigenvalue weighted by molar-refractivity contribution is -0.149. The highest BCUT2D eigenvalue weighted by Crippen LogP contribution is 2.25. The molecule has 0 atom stereocenters. The van der Waals surface area contributed by atoms with Gasteiger partial charge in [0.2, 0.25) is 0 Å². The molecular formula is C22H32N4O2. The first-order valence-corrected chi connectivity index (χ1v) is 10.4. The molecule has 0 radical (unpaired) electrons. The number of hydrogen-bond acceptors (Lipinski definition) is 3. The van der Waals surface area contributed by atoms with Crippen molar-refractivity contribution >= 4 is 22.8 Å². The van der Waals surface area contributed by atoms with Gasteiger partial charge in [-0.1, -0.05) is 18.2 Å². The van der Waals surface area contributed by atoms with E-state index < -0.39 is 0 Å². The Kier molecular flexibility index (Phi) is 7.34. The van der Waals surface area contributed by atoms with E-state index in [1.807, 2.05) is 6.92 Å². The van der Waals surface area contributed by atoms with Crippen molar-refractivity contribution in [2.24, 2.45) is 10.9 Å². The second-order valence-electron chi connectivity index (χ2n) is 7.41. The maximum atomic E-state index is 11.9. The second-order valence-corrected chi connectivity index (χ2v) is 7.41. The molecule has 1 saturated carbocycles. The number of ether oxygens (including phenoxy) is 1. The van der Waals surface area contributed by atoms with Crippen LogP contribution in [0.1, 0.15) is 44.6 Å². The highest BCUT2D eigenvalue weighted by Gasteiger charge is 2.27. The fraction of sp³-hybridized carbons (Fsp3) is 0.545. The molecule has 152 valence electrons. The van der Waals surface area contributed by atoms with Crippen LogP contribution < -0.4 is 10.6 Å². The second kappa shape index (κ2) is 10.2. The molecule has 1 heterocycles. The molecule has 1 aromatic heterocycles. The van der Waals surface area contributed by atoms with Gasteiger partial charge in [-0.2, -0.15) is 0 Å². The number of guanidine groups is 1. The highest BCUT2D eigenvalue weighted by molar-refractivity contribution is 5.83. The SMILES string of the molecule is CCOC(=O)C1CCC(NC(=NC)NCCCc2c[nH]c3ccccc23)CC1. The minimum Gasteiger partial charge on any atom is -0.466 e. The monoisotopic (exact) mass is 384 g/mol. The third-order valence-electron chi connectivity index (χ3n) is 5.50. The van der Waals surface area contributed by atoms with Crippen molar-refractivity contribution in [3.63, 3.8) is 0 Å². The molecule has 1 aromatic carbocycles. The number of esters is 1. The van der Waals surface area contributed by atoms with Gasteiger partial charge < -0.3 is 20.4 Å². The number of benzene rings is 1. The van der Waals surface area contributed by atoms with Gasteiger partial charge in [0.1, 0.15) is 0 Å². The molecule has 0 unspecified atom stereocenters. The van der Waals surface area contributed by atoms with Crippen molar-refractivity contribution in [1.82, 2.24) is 15.6 Å². The number of aromatic amines is 1. The number of hydrogen-bond donors (Lipinski definition) is 3. The largest absolute Gasteiger partial charge is 0.466 e. The molecule has 1 aliphatic rings. The number of aliphatic imine (C=N–C) groups is 1. The summed E-state index contributed by atoms with van der Waals surface area (Å²) in [4.78, 5) is 19.5. The summed E-state index contributed by atoms with van der Waals surface area (Å²) in [5, 5.41) is 8.23. The standard InChI is InChI=1S/C22H32N4O2/c1-3-28-21(27)16-10-12-18(13-11-16)26-22(23-2)24-14-6-7-17-15-25-20-9-5-4-8-19(17)20/h4-5,8-9,15-16,18,25H,3,6-7,10-14H2,1-2H3,(H2,23,24,26). The average molecular weight is 385 g/mol. The summed E-state index contributed by atoms with van der Waals surface area (Å²) in [5.41, 5.74) is 2.55. The Morgan fingerprint density at radius 2 is 2.04 bits per heavy atom. The fourth-order valence-electron chi connectivity index (χ4n) is 3.95. The van der Waals surface area contributed by atoms with Crippen LogP contribution in [0, 0.1) is 5.92 Å². The van der Waals surface area contributed by atoms with Gasteiger partial charge in [0.05, 0.1) is 12.5 Å². The van der Waals surface area contributed by atoms with Gasteiger partial charge in [0.15, 0.2) is 5.96 Å². The predicted octanol–water partition coefficient (Wildman–Crippen LogP) is 3.39. The zero-order valence-electron chi connectivity index (χ0n) is 17.0. The molecule has 0 amide bonds. The lowest BCUT2D eigenvalue weighted by atomic mass is 9.86. The molecule has 0 spiro atoms. The number of aromatic nitrogens is 1. The van der Waals surface area contributed by atoms with E-state index in [1.54, 1.807) is 7.05 Å². The van der Waals surface area contributed by atoms with Gasteiger partial charge in [0.25, 0.3) is 0 Å². The van der Waals surface area contributed by atoms with E-state index in [2.05, 4.69) is 51.1 Å². The number of carbonyl (C=O) groups is 1. The minimum absolute atomic E-state index is 0.0410. The van der Waals surface area contributed by atoms with Crippen molar-refractivity contribution in [3.05, 3.63) is 36.0 Å². The van der Waals surface area contributed by atoms with Gasteiger partial charge in [0, 0.05) is 36.7 Å². The van der Waals surface area contributed by atoms with Gasteiger partial charge in [-0.25, -0.2) is 0 Å². The molecule has 3 rings (SSSR count). The topological polar surface area (TPSA) is 78.5 Å². The van der Waals surface area contributed by atoms with Crippen LogP contribution in [0.3, 0.4) is 0 Å². The van der Waals surface area contributed by atoms with Gasteiger partial charge in [-0.15, -0.1) is 0 Å². The summed E-state index contributed by atoms with van der Waals surface area (Å²) in [5.74, 6) is 0.864. The van der Waals surface area contributed by atoms with Crippen molar-refractivity contribution in [1.29, 1.82) is 0 Å². The Labute approximate surface area is 167 Å². The van der Waals surface area contributed by atoms with Crippen LogP contribution in [0.2, 0.25) is 0 Å². The number of H-pyrrole nitrogens is 1. The Morgan fingerprint density at radius 3 is 2.79 bits per heavy atom. The van der Waals surface area contributed by atoms with Crippen LogP contribution in [0.5, 0.6) is 0 Å². The minimum atomic E-state index is -0.0410. The summed E-state index contributed by atoms with van der Waals surface area (Å²) in [7, 11) is 1.80. The third kappa shape index (κ3) is 5.27. The van der Waals surface area contributed by atoms with E-state index in [9.17, 15) is 4.79 Å². The number of nitrogens with zero attached hydrogens (tertiary/aromatic N) is 1. The van der Waals surface area contributed by atoms with E-state index in [4.69, 9.17) is 4.74 Å². The fourth-order valence-corrected chi connectivity index (χ4v) is 3.95.